The molecule has 1 heterocycles. The molecule has 0 saturated heterocycles. The van der Waals surface area contributed by atoms with E-state index in [-0.39, 0.29) is 11.5 Å². The van der Waals surface area contributed by atoms with Gasteiger partial charge in [-0.15, -0.1) is 0 Å². The van der Waals surface area contributed by atoms with E-state index in [2.05, 4.69) is 56.9 Å². The molecule has 2 rings (SSSR count). The Morgan fingerprint density at radius 1 is 1.33 bits per heavy atom. The molecule has 2 heteroatoms. The van der Waals surface area contributed by atoms with Crippen molar-refractivity contribution in [2.45, 2.75) is 40.2 Å². The molecule has 2 atom stereocenters. The van der Waals surface area contributed by atoms with Crippen LogP contribution in [0.25, 0.3) is 0 Å². The number of aliphatic hydroxyl groups is 1. The molecule has 0 fully saturated rings. The summed E-state index contributed by atoms with van der Waals surface area (Å²) in [6.45, 7) is 10.3. The Morgan fingerprint density at radius 2 is 2.00 bits per heavy atom. The lowest BCUT2D eigenvalue weighted by atomic mass is 9.87. The van der Waals surface area contributed by atoms with Gasteiger partial charge in [0, 0.05) is 18.8 Å². The Kier molecular flexibility index (Phi) is 3.67. The highest BCUT2D eigenvalue weighted by Crippen LogP contribution is 2.31. The van der Waals surface area contributed by atoms with Crippen LogP contribution < -0.4 is 4.90 Å². The van der Waals surface area contributed by atoms with Crippen molar-refractivity contribution in [3.05, 3.63) is 29.8 Å². The van der Waals surface area contributed by atoms with Gasteiger partial charge in [0.1, 0.15) is 0 Å². The number of benzene rings is 1. The normalized spacial score (nSPS) is 21.6. The number of nitrogens with zero attached hydrogens (tertiary/aromatic N) is 1. The molecule has 0 saturated carbocycles. The third-order valence-electron chi connectivity index (χ3n) is 3.83. The van der Waals surface area contributed by atoms with Crippen LogP contribution in [0.2, 0.25) is 0 Å². The van der Waals surface area contributed by atoms with Crippen LogP contribution in [-0.4, -0.2) is 24.3 Å². The van der Waals surface area contributed by atoms with E-state index in [0.29, 0.717) is 5.92 Å². The highest BCUT2D eigenvalue weighted by atomic mass is 16.3. The van der Waals surface area contributed by atoms with Crippen molar-refractivity contribution in [2.75, 3.05) is 18.0 Å². The lowest BCUT2D eigenvalue weighted by molar-refractivity contribution is 0.0681. The van der Waals surface area contributed by atoms with Crippen molar-refractivity contribution in [3.63, 3.8) is 0 Å². The fourth-order valence-corrected chi connectivity index (χ4v) is 2.56. The zero-order chi connectivity index (χ0) is 13.3. The molecule has 1 aliphatic rings. The zero-order valence-corrected chi connectivity index (χ0v) is 12.0. The van der Waals surface area contributed by atoms with Gasteiger partial charge in [-0.05, 0) is 29.4 Å². The van der Waals surface area contributed by atoms with Crippen LogP contribution in [0.3, 0.4) is 0 Å². The average Bonchev–Trinajstić information content (AvgIpc) is 2.27. The summed E-state index contributed by atoms with van der Waals surface area (Å²) in [6.07, 6.45) is 0.856. The van der Waals surface area contributed by atoms with Crippen molar-refractivity contribution >= 4 is 5.69 Å². The standard InChI is InChI=1S/C16H25NO/c1-12-9-13-7-5-6-8-14(13)17(10-12)11-15(18)16(2,3)4/h5-8,12,15,18H,9-11H2,1-4H3. The number of β-amino-alcohol motifs (C(OH)–C–C–N with tert-alkyl or cyclic N) is 1. The Hall–Kier alpha value is -1.02. The Morgan fingerprint density at radius 3 is 2.67 bits per heavy atom. The van der Waals surface area contributed by atoms with Gasteiger partial charge in [0.15, 0.2) is 0 Å². The molecule has 0 aromatic heterocycles. The van der Waals surface area contributed by atoms with Crippen molar-refractivity contribution in [1.82, 2.24) is 0 Å². The second-order valence-corrected chi connectivity index (χ2v) is 6.72. The maximum absolute atomic E-state index is 10.3. The van der Waals surface area contributed by atoms with E-state index in [1.165, 1.54) is 11.3 Å². The van der Waals surface area contributed by atoms with Gasteiger partial charge in [0.2, 0.25) is 0 Å². The zero-order valence-electron chi connectivity index (χ0n) is 12.0. The molecule has 1 aromatic rings. The van der Waals surface area contributed by atoms with Gasteiger partial charge in [-0.3, -0.25) is 0 Å². The van der Waals surface area contributed by atoms with Crippen LogP contribution in [0.5, 0.6) is 0 Å². The molecule has 1 aliphatic heterocycles. The van der Waals surface area contributed by atoms with Gasteiger partial charge in [-0.2, -0.15) is 0 Å². The monoisotopic (exact) mass is 247 g/mol. The molecular formula is C16H25NO. The fourth-order valence-electron chi connectivity index (χ4n) is 2.56. The summed E-state index contributed by atoms with van der Waals surface area (Å²) in [6, 6.07) is 8.58. The van der Waals surface area contributed by atoms with Gasteiger partial charge >= 0.3 is 0 Å². The van der Waals surface area contributed by atoms with Crippen molar-refractivity contribution in [2.24, 2.45) is 11.3 Å². The molecule has 0 bridgehead atoms. The summed E-state index contributed by atoms with van der Waals surface area (Å²) >= 11 is 0. The minimum atomic E-state index is -0.296. The summed E-state index contributed by atoms with van der Waals surface area (Å²) in [5.41, 5.74) is 2.66. The molecule has 0 aliphatic carbocycles. The van der Waals surface area contributed by atoms with Crippen LogP contribution >= 0.6 is 0 Å². The molecular weight excluding hydrogens is 222 g/mol. The molecule has 100 valence electrons. The molecule has 0 spiro atoms. The fraction of sp³-hybridized carbons (Fsp3) is 0.625. The van der Waals surface area contributed by atoms with Crippen LogP contribution in [0, 0.1) is 11.3 Å². The number of hydrogen-bond acceptors (Lipinski definition) is 2. The van der Waals surface area contributed by atoms with Crippen LogP contribution in [0.1, 0.15) is 33.3 Å². The molecule has 18 heavy (non-hydrogen) atoms. The molecule has 1 N–H and O–H groups in total. The number of hydrogen-bond donors (Lipinski definition) is 1. The van der Waals surface area contributed by atoms with E-state index in [9.17, 15) is 5.11 Å². The molecule has 1 aromatic carbocycles. The Balaban J connectivity index is 2.19. The summed E-state index contributed by atoms with van der Waals surface area (Å²) in [5, 5.41) is 10.3. The maximum atomic E-state index is 10.3. The minimum Gasteiger partial charge on any atom is -0.391 e. The number of fused-ring (bicyclic) bond motifs is 1. The predicted molar refractivity (Wildman–Crippen MR) is 77.0 cm³/mol. The Labute approximate surface area is 111 Å². The average molecular weight is 247 g/mol. The quantitative estimate of drug-likeness (QED) is 0.868. The van der Waals surface area contributed by atoms with Gasteiger partial charge in [0.25, 0.3) is 0 Å². The predicted octanol–water partition coefficient (Wildman–Crippen LogP) is 3.09. The molecule has 0 amide bonds. The van der Waals surface area contributed by atoms with E-state index in [0.717, 1.165) is 19.5 Å². The van der Waals surface area contributed by atoms with Crippen LogP contribution in [0.15, 0.2) is 24.3 Å². The first-order valence-electron chi connectivity index (χ1n) is 6.89. The van der Waals surface area contributed by atoms with E-state index in [1.807, 2.05) is 0 Å². The molecule has 2 nitrogen and oxygen atoms in total. The number of anilines is 1. The lowest BCUT2D eigenvalue weighted by Crippen LogP contribution is -2.43. The second-order valence-electron chi connectivity index (χ2n) is 6.72. The van der Waals surface area contributed by atoms with E-state index >= 15 is 0 Å². The minimum absolute atomic E-state index is 0.0599. The number of para-hydroxylation sites is 1. The summed E-state index contributed by atoms with van der Waals surface area (Å²) in [4.78, 5) is 2.35. The largest absolute Gasteiger partial charge is 0.391 e. The van der Waals surface area contributed by atoms with Crippen LogP contribution in [0.4, 0.5) is 5.69 Å². The van der Waals surface area contributed by atoms with E-state index in [1.54, 1.807) is 0 Å². The first kappa shape index (κ1) is 13.4. The van der Waals surface area contributed by atoms with E-state index < -0.39 is 0 Å². The van der Waals surface area contributed by atoms with Gasteiger partial charge in [-0.1, -0.05) is 45.9 Å². The SMILES string of the molecule is CC1Cc2ccccc2N(CC(O)C(C)(C)C)C1. The highest BCUT2D eigenvalue weighted by Gasteiger charge is 2.28. The Bertz CT molecular complexity index is 408. The third-order valence-corrected chi connectivity index (χ3v) is 3.83. The van der Waals surface area contributed by atoms with E-state index in [4.69, 9.17) is 0 Å². The summed E-state index contributed by atoms with van der Waals surface area (Å²) < 4.78 is 0. The molecule has 0 radical (unpaired) electrons. The molecule has 2 unspecified atom stereocenters. The first-order valence-corrected chi connectivity index (χ1v) is 6.89. The lowest BCUT2D eigenvalue weighted by Gasteiger charge is -2.38. The highest BCUT2D eigenvalue weighted by molar-refractivity contribution is 5.55. The van der Waals surface area contributed by atoms with Crippen molar-refractivity contribution < 1.29 is 5.11 Å². The summed E-state index contributed by atoms with van der Waals surface area (Å²) in [7, 11) is 0. The number of aliphatic hydroxyl groups excluding tert-OH is 1. The summed E-state index contributed by atoms with van der Waals surface area (Å²) in [5.74, 6) is 0.659. The maximum Gasteiger partial charge on any atom is 0.0763 e. The van der Waals surface area contributed by atoms with Crippen LogP contribution in [-0.2, 0) is 6.42 Å². The van der Waals surface area contributed by atoms with Gasteiger partial charge in [0.05, 0.1) is 6.10 Å². The van der Waals surface area contributed by atoms with Crippen molar-refractivity contribution in [3.8, 4) is 0 Å². The first-order chi connectivity index (χ1) is 8.38. The number of rotatable bonds is 2. The third kappa shape index (κ3) is 2.86. The smallest absolute Gasteiger partial charge is 0.0763 e. The second kappa shape index (κ2) is 4.93. The van der Waals surface area contributed by atoms with Gasteiger partial charge < -0.3 is 10.0 Å². The van der Waals surface area contributed by atoms with Gasteiger partial charge in [-0.25, -0.2) is 0 Å². The van der Waals surface area contributed by atoms with Crippen molar-refractivity contribution in [1.29, 1.82) is 0 Å². The topological polar surface area (TPSA) is 23.5 Å².